The lowest BCUT2D eigenvalue weighted by Gasteiger charge is -2.17. The van der Waals surface area contributed by atoms with Gasteiger partial charge in [-0.05, 0) is 105 Å². The van der Waals surface area contributed by atoms with Crippen LogP contribution >= 0.6 is 12.4 Å². The summed E-state index contributed by atoms with van der Waals surface area (Å²) >= 11 is 0. The normalized spacial score (nSPS) is 16.0. The highest BCUT2D eigenvalue weighted by molar-refractivity contribution is 5.85. The van der Waals surface area contributed by atoms with E-state index >= 15 is 0 Å². The molecule has 2 atom stereocenters. The lowest BCUT2D eigenvalue weighted by molar-refractivity contribution is -0.123. The molecule has 2 unspecified atom stereocenters. The summed E-state index contributed by atoms with van der Waals surface area (Å²) in [5, 5.41) is 3.26. The van der Waals surface area contributed by atoms with Crippen LogP contribution in [0.2, 0.25) is 0 Å². The number of nitrogens with zero attached hydrogens (tertiary/aromatic N) is 1. The van der Waals surface area contributed by atoms with E-state index in [2.05, 4.69) is 65.8 Å². The number of carbonyl (C=O) groups excluding carboxylic acids is 2. The van der Waals surface area contributed by atoms with Crippen molar-refractivity contribution in [3.63, 3.8) is 0 Å². The Labute approximate surface area is 319 Å². The smallest absolute Gasteiger partial charge is 0.150 e. The molecule has 0 amide bonds. The molecular formula is C45H61ClN2O4. The number of aryl methyl sites for hydroxylation is 2. The number of hydrogen-bond acceptors (Lipinski definition) is 6. The van der Waals surface area contributed by atoms with Crippen LogP contribution in [0.4, 0.5) is 0 Å². The molecule has 2 heterocycles. The van der Waals surface area contributed by atoms with Crippen LogP contribution in [0.5, 0.6) is 11.5 Å². The molecule has 2 aliphatic heterocycles. The van der Waals surface area contributed by atoms with Crippen molar-refractivity contribution in [1.82, 2.24) is 10.2 Å². The summed E-state index contributed by atoms with van der Waals surface area (Å²) in [6.07, 6.45) is 7.11. The summed E-state index contributed by atoms with van der Waals surface area (Å²) in [6.45, 7) is 11.2. The van der Waals surface area contributed by atoms with Crippen molar-refractivity contribution in [3.05, 3.63) is 131 Å². The monoisotopic (exact) mass is 728 g/mol. The van der Waals surface area contributed by atoms with E-state index in [1.54, 1.807) is 0 Å². The topological polar surface area (TPSA) is 67.9 Å². The van der Waals surface area contributed by atoms with Crippen LogP contribution in [0, 0.1) is 0 Å². The molecule has 2 saturated heterocycles. The van der Waals surface area contributed by atoms with Crippen molar-refractivity contribution in [2.24, 2.45) is 0 Å². The first-order valence-electron chi connectivity index (χ1n) is 19.0. The molecule has 7 heteroatoms. The number of hydrogen-bond donors (Lipinski definition) is 1. The average Bonchev–Trinajstić information content (AvgIpc) is 3.91. The van der Waals surface area contributed by atoms with Crippen LogP contribution in [-0.4, -0.2) is 48.7 Å². The van der Waals surface area contributed by atoms with Gasteiger partial charge < -0.3 is 14.8 Å². The third-order valence-electron chi connectivity index (χ3n) is 9.00. The molecule has 0 aromatic heterocycles. The second kappa shape index (κ2) is 25.9. The maximum atomic E-state index is 12.3. The van der Waals surface area contributed by atoms with Gasteiger partial charge in [-0.25, -0.2) is 0 Å². The lowest BCUT2D eigenvalue weighted by atomic mass is 10.0. The molecule has 0 spiro atoms. The summed E-state index contributed by atoms with van der Waals surface area (Å²) in [6, 6.07) is 36.7. The first-order chi connectivity index (χ1) is 25.0. The SMILES string of the molecule is CC.CC.CN1CCCC1C(=O)CCc1ccc(OCc2ccccc2)cc1.Cl.O=C(CCc1ccc(OCc2ccccc2)cc1)C1CCCN1. The van der Waals surface area contributed by atoms with Gasteiger partial charge >= 0.3 is 0 Å². The zero-order chi connectivity index (χ0) is 36.7. The van der Waals surface area contributed by atoms with E-state index in [4.69, 9.17) is 9.47 Å². The Morgan fingerprint density at radius 1 is 0.615 bits per heavy atom. The second-order valence-corrected chi connectivity index (χ2v) is 12.6. The number of carbonyl (C=O) groups is 2. The molecule has 1 N–H and O–H groups in total. The summed E-state index contributed by atoms with van der Waals surface area (Å²) in [5.41, 5.74) is 4.69. The van der Waals surface area contributed by atoms with Gasteiger partial charge in [-0.3, -0.25) is 14.5 Å². The lowest BCUT2D eigenvalue weighted by Crippen LogP contribution is -2.32. The Bertz CT molecular complexity index is 1510. The predicted octanol–water partition coefficient (Wildman–Crippen LogP) is 9.86. The second-order valence-electron chi connectivity index (χ2n) is 12.6. The molecule has 0 aliphatic carbocycles. The van der Waals surface area contributed by atoms with Crippen molar-refractivity contribution in [2.75, 3.05) is 20.1 Å². The molecule has 0 saturated carbocycles. The van der Waals surface area contributed by atoms with Gasteiger partial charge in [0, 0.05) is 12.8 Å². The van der Waals surface area contributed by atoms with Crippen LogP contribution in [0.15, 0.2) is 109 Å². The number of nitrogens with one attached hydrogen (secondary N) is 1. The molecule has 6 nitrogen and oxygen atoms in total. The fourth-order valence-corrected chi connectivity index (χ4v) is 6.14. The summed E-state index contributed by atoms with van der Waals surface area (Å²) < 4.78 is 11.6. The van der Waals surface area contributed by atoms with Crippen molar-refractivity contribution in [3.8, 4) is 11.5 Å². The number of ketones is 2. The summed E-state index contributed by atoms with van der Waals surface area (Å²) in [7, 11) is 2.05. The number of benzene rings is 4. The molecule has 4 aromatic rings. The fraction of sp³-hybridized carbons (Fsp3) is 0.422. The van der Waals surface area contributed by atoms with Gasteiger partial charge in [0.25, 0.3) is 0 Å². The molecular weight excluding hydrogens is 668 g/mol. The van der Waals surface area contributed by atoms with E-state index in [-0.39, 0.29) is 24.5 Å². The highest BCUT2D eigenvalue weighted by atomic mass is 35.5. The van der Waals surface area contributed by atoms with Crippen molar-refractivity contribution < 1.29 is 19.1 Å². The molecule has 0 bridgehead atoms. The van der Waals surface area contributed by atoms with Crippen LogP contribution in [-0.2, 0) is 35.6 Å². The predicted molar refractivity (Wildman–Crippen MR) is 218 cm³/mol. The van der Waals surface area contributed by atoms with Crippen molar-refractivity contribution >= 4 is 24.0 Å². The highest BCUT2D eigenvalue weighted by Gasteiger charge is 2.27. The summed E-state index contributed by atoms with van der Waals surface area (Å²) in [4.78, 5) is 26.5. The number of likely N-dealkylation sites (N-methyl/N-ethyl adjacent to an activating group) is 1. The van der Waals surface area contributed by atoms with Gasteiger partial charge in [-0.2, -0.15) is 0 Å². The molecule has 4 aromatic carbocycles. The van der Waals surface area contributed by atoms with Crippen LogP contribution in [0.25, 0.3) is 0 Å². The number of halogens is 1. The highest BCUT2D eigenvalue weighted by Crippen LogP contribution is 2.20. The minimum Gasteiger partial charge on any atom is -0.489 e. The minimum absolute atomic E-state index is 0. The maximum Gasteiger partial charge on any atom is 0.150 e. The standard InChI is InChI=1S/C21H25NO2.C20H23NO2.2C2H6.ClH/c1-22-15-5-8-20(22)21(23)14-11-17-9-12-19(13-10-17)24-16-18-6-3-2-4-7-18;22-20(19-7-4-14-21-19)13-10-16-8-11-18(12-9-16)23-15-17-5-2-1-3-6-17;2*1-2;/h2-4,6-7,9-10,12-13,20H,5,8,11,14-16H2,1H3;1-3,5-6,8-9,11-12,19,21H,4,7,10,13-15H2;2*1-2H3;1H. The van der Waals surface area contributed by atoms with Crippen LogP contribution < -0.4 is 14.8 Å². The average molecular weight is 729 g/mol. The van der Waals surface area contributed by atoms with Crippen LogP contribution in [0.1, 0.15) is 88.5 Å². The maximum absolute atomic E-state index is 12.3. The van der Waals surface area contributed by atoms with E-state index in [0.29, 0.717) is 37.6 Å². The largest absolute Gasteiger partial charge is 0.489 e. The zero-order valence-corrected chi connectivity index (χ0v) is 32.8. The molecule has 52 heavy (non-hydrogen) atoms. The number of Topliss-reactive ketones (excluding diaryl/α,β-unsaturated/α-hetero) is 2. The molecule has 282 valence electrons. The molecule has 2 fully saturated rings. The first kappa shape index (κ1) is 44.2. The Balaban J connectivity index is 0.000000323. The third-order valence-corrected chi connectivity index (χ3v) is 9.00. The van der Waals surface area contributed by atoms with E-state index < -0.39 is 0 Å². The van der Waals surface area contributed by atoms with Crippen LogP contribution in [0.3, 0.4) is 0 Å². The van der Waals surface area contributed by atoms with Crippen molar-refractivity contribution in [1.29, 1.82) is 0 Å². The van der Waals surface area contributed by atoms with E-state index in [0.717, 1.165) is 74.2 Å². The minimum atomic E-state index is 0. The Morgan fingerprint density at radius 2 is 1.08 bits per heavy atom. The van der Waals surface area contributed by atoms with E-state index in [9.17, 15) is 9.59 Å². The van der Waals surface area contributed by atoms with Gasteiger partial charge in [0.15, 0.2) is 0 Å². The van der Waals surface area contributed by atoms with Crippen molar-refractivity contribution in [2.45, 2.75) is 104 Å². The number of rotatable bonds is 14. The first-order valence-corrected chi connectivity index (χ1v) is 19.0. The fourth-order valence-electron chi connectivity index (χ4n) is 6.14. The zero-order valence-electron chi connectivity index (χ0n) is 32.0. The third kappa shape index (κ3) is 15.7. The van der Waals surface area contributed by atoms with Gasteiger partial charge in [0.05, 0.1) is 12.1 Å². The molecule has 6 rings (SSSR count). The Hall–Kier alpha value is -3.97. The molecule has 2 aliphatic rings. The van der Waals surface area contributed by atoms with Gasteiger partial charge in [0.1, 0.15) is 36.3 Å². The van der Waals surface area contributed by atoms with Gasteiger partial charge in [-0.1, -0.05) is 113 Å². The Kier molecular flexibility index (Phi) is 22.0. The van der Waals surface area contributed by atoms with Gasteiger partial charge in [0.2, 0.25) is 0 Å². The van der Waals surface area contributed by atoms with Gasteiger partial charge in [-0.15, -0.1) is 12.4 Å². The van der Waals surface area contributed by atoms with E-state index in [1.165, 1.54) is 11.1 Å². The summed E-state index contributed by atoms with van der Waals surface area (Å²) in [5.74, 6) is 2.44. The quantitative estimate of drug-likeness (QED) is 0.139. The number of likely N-dealkylation sites (tertiary alicyclic amines) is 1. The number of ether oxygens (including phenoxy) is 2. The Morgan fingerprint density at radius 3 is 1.48 bits per heavy atom. The van der Waals surface area contributed by atoms with E-state index in [1.807, 2.05) is 88.4 Å². The molecule has 0 radical (unpaired) electrons.